The molecule has 0 radical (unpaired) electrons. The molecule has 0 amide bonds. The molecule has 21 heavy (non-hydrogen) atoms. The van der Waals surface area contributed by atoms with Crippen molar-refractivity contribution in [3.63, 3.8) is 0 Å². The highest BCUT2D eigenvalue weighted by Crippen LogP contribution is 2.58. The van der Waals surface area contributed by atoms with E-state index >= 15 is 0 Å². The fourth-order valence-electron chi connectivity index (χ4n) is 1.22. The van der Waals surface area contributed by atoms with Gasteiger partial charge in [0, 0.05) is 6.92 Å². The van der Waals surface area contributed by atoms with Crippen molar-refractivity contribution in [2.45, 2.75) is 43.7 Å². The molecule has 1 saturated heterocycles. The van der Waals surface area contributed by atoms with Crippen LogP contribution >= 0.6 is 0 Å². The minimum Gasteiger partial charge on any atom is -0.293 e. The Bertz CT molecular complexity index is 335. The molecule has 2 atom stereocenters. The zero-order valence-corrected chi connectivity index (χ0v) is 10.5. The maximum atomic E-state index is 13.3. The van der Waals surface area contributed by atoms with Crippen LogP contribution < -0.4 is 0 Å². The van der Waals surface area contributed by atoms with Gasteiger partial charge in [0.25, 0.3) is 11.7 Å². The topological polar surface area (TPSA) is 18.5 Å². The summed E-state index contributed by atoms with van der Waals surface area (Å²) in [6, 6.07) is 0. The van der Waals surface area contributed by atoms with E-state index < -0.39 is 36.5 Å². The predicted octanol–water partition coefficient (Wildman–Crippen LogP) is 4.15. The molecule has 12 heteroatoms. The van der Waals surface area contributed by atoms with Gasteiger partial charge in [0.1, 0.15) is 0 Å². The standard InChI is InChI=1S/C7H5F9O2.C2H5F/c1-3(9)4(10,2-8)18-5(17-3,6(11,12)13)7(14,15)16;1-2-3/h2H2,1H3;2H2,1H3. The summed E-state index contributed by atoms with van der Waals surface area (Å²) in [6.45, 7) is -1.51. The van der Waals surface area contributed by atoms with Crippen molar-refractivity contribution >= 4 is 0 Å². The molecule has 0 aromatic heterocycles. The Balaban J connectivity index is 0.00000122. The molecule has 0 bridgehead atoms. The number of halogens is 10. The number of hydrogen-bond acceptors (Lipinski definition) is 2. The summed E-state index contributed by atoms with van der Waals surface area (Å²) in [4.78, 5) is 0. The van der Waals surface area contributed by atoms with Gasteiger partial charge in [-0.3, -0.25) is 13.9 Å². The SMILES string of the molecule is CC1(F)OC(C(F)(F)F)(C(F)(F)F)OC1(F)CF.CCF. The summed E-state index contributed by atoms with van der Waals surface area (Å²) in [7, 11) is 0. The van der Waals surface area contributed by atoms with Gasteiger partial charge in [-0.15, -0.1) is 0 Å². The number of alkyl halides is 10. The molecule has 0 spiro atoms. The summed E-state index contributed by atoms with van der Waals surface area (Å²) >= 11 is 0. The number of hydrogen-bond donors (Lipinski definition) is 0. The van der Waals surface area contributed by atoms with Gasteiger partial charge in [0.15, 0.2) is 6.67 Å². The average molecular weight is 340 g/mol. The number of rotatable bonds is 1. The molecule has 128 valence electrons. The van der Waals surface area contributed by atoms with Gasteiger partial charge in [0.2, 0.25) is 0 Å². The zero-order valence-electron chi connectivity index (χ0n) is 10.5. The predicted molar refractivity (Wildman–Crippen MR) is 48.0 cm³/mol. The summed E-state index contributed by atoms with van der Waals surface area (Å²) in [5, 5.41) is 0. The highest BCUT2D eigenvalue weighted by Gasteiger charge is 2.85. The summed E-state index contributed by atoms with van der Waals surface area (Å²) in [6.07, 6.45) is -12.7. The lowest BCUT2D eigenvalue weighted by molar-refractivity contribution is -0.458. The fourth-order valence-corrected chi connectivity index (χ4v) is 1.22. The normalized spacial score (nSPS) is 32.6. The quantitative estimate of drug-likeness (QED) is 0.668. The van der Waals surface area contributed by atoms with Gasteiger partial charge in [-0.1, -0.05) is 0 Å². The lowest BCUT2D eigenvalue weighted by Crippen LogP contribution is -2.59. The minimum atomic E-state index is -6.35. The second kappa shape index (κ2) is 5.78. The van der Waals surface area contributed by atoms with Crippen molar-refractivity contribution in [3.8, 4) is 0 Å². The van der Waals surface area contributed by atoms with Crippen LogP contribution in [0.4, 0.5) is 43.9 Å². The lowest BCUT2D eigenvalue weighted by Gasteiger charge is -2.31. The Kier molecular flexibility index (Phi) is 5.57. The second-order valence-electron chi connectivity index (χ2n) is 3.86. The maximum absolute atomic E-state index is 13.3. The van der Waals surface area contributed by atoms with Crippen molar-refractivity contribution in [3.05, 3.63) is 0 Å². The molecular formula is C9H10F10O2. The van der Waals surface area contributed by atoms with Gasteiger partial charge in [-0.2, -0.15) is 26.3 Å². The van der Waals surface area contributed by atoms with E-state index in [1.807, 2.05) is 0 Å². The van der Waals surface area contributed by atoms with Crippen LogP contribution in [0.1, 0.15) is 13.8 Å². The maximum Gasteiger partial charge on any atom is 0.453 e. The molecule has 1 fully saturated rings. The Morgan fingerprint density at radius 2 is 1.19 bits per heavy atom. The van der Waals surface area contributed by atoms with Gasteiger partial charge < -0.3 is 0 Å². The van der Waals surface area contributed by atoms with Crippen LogP contribution in [-0.2, 0) is 9.47 Å². The Labute approximate surface area is 112 Å². The van der Waals surface area contributed by atoms with Crippen LogP contribution in [0.25, 0.3) is 0 Å². The van der Waals surface area contributed by atoms with Crippen molar-refractivity contribution in [2.75, 3.05) is 13.3 Å². The molecule has 2 nitrogen and oxygen atoms in total. The summed E-state index contributed by atoms with van der Waals surface area (Å²) in [5.41, 5.74) is 0. The molecule has 0 saturated carbocycles. The van der Waals surface area contributed by atoms with Crippen molar-refractivity contribution in [1.29, 1.82) is 0 Å². The molecule has 0 aliphatic carbocycles. The molecule has 0 aromatic rings. The molecule has 1 aliphatic heterocycles. The van der Waals surface area contributed by atoms with E-state index in [4.69, 9.17) is 0 Å². The van der Waals surface area contributed by atoms with Crippen LogP contribution in [0, 0.1) is 0 Å². The van der Waals surface area contributed by atoms with Crippen LogP contribution in [-0.4, -0.2) is 43.2 Å². The van der Waals surface area contributed by atoms with E-state index in [1.54, 1.807) is 0 Å². The smallest absolute Gasteiger partial charge is 0.293 e. The Hall–Kier alpha value is -0.780. The molecular weight excluding hydrogens is 330 g/mol. The van der Waals surface area contributed by atoms with Gasteiger partial charge >= 0.3 is 18.1 Å². The Morgan fingerprint density at radius 1 is 0.857 bits per heavy atom. The highest BCUT2D eigenvalue weighted by molar-refractivity contribution is 5.01. The first kappa shape index (κ1) is 20.2. The number of ether oxygens (including phenoxy) is 2. The largest absolute Gasteiger partial charge is 0.453 e. The average Bonchev–Trinajstić information content (AvgIpc) is 2.48. The second-order valence-corrected chi connectivity index (χ2v) is 3.86. The van der Waals surface area contributed by atoms with Crippen molar-refractivity contribution in [1.82, 2.24) is 0 Å². The third kappa shape index (κ3) is 3.35. The van der Waals surface area contributed by atoms with E-state index in [9.17, 15) is 43.9 Å². The molecule has 0 N–H and O–H groups in total. The van der Waals surface area contributed by atoms with E-state index in [0.29, 0.717) is 0 Å². The fraction of sp³-hybridized carbons (Fsp3) is 1.00. The summed E-state index contributed by atoms with van der Waals surface area (Å²) in [5.74, 6) is -14.3. The van der Waals surface area contributed by atoms with Crippen LogP contribution in [0.15, 0.2) is 0 Å². The third-order valence-corrected chi connectivity index (χ3v) is 2.23. The van der Waals surface area contributed by atoms with Crippen LogP contribution in [0.5, 0.6) is 0 Å². The first-order valence-corrected chi connectivity index (χ1v) is 5.17. The molecule has 1 aliphatic rings. The third-order valence-electron chi connectivity index (χ3n) is 2.23. The van der Waals surface area contributed by atoms with Gasteiger partial charge in [-0.25, -0.2) is 13.2 Å². The minimum absolute atomic E-state index is 0.133. The first-order chi connectivity index (χ1) is 9.14. The van der Waals surface area contributed by atoms with Crippen LogP contribution in [0.2, 0.25) is 0 Å². The van der Waals surface area contributed by atoms with Crippen LogP contribution in [0.3, 0.4) is 0 Å². The van der Waals surface area contributed by atoms with E-state index in [0.717, 1.165) is 0 Å². The van der Waals surface area contributed by atoms with E-state index in [2.05, 4.69) is 9.47 Å². The summed E-state index contributed by atoms with van der Waals surface area (Å²) < 4.78 is 129. The highest BCUT2D eigenvalue weighted by atomic mass is 19.4. The van der Waals surface area contributed by atoms with Gasteiger partial charge in [0.05, 0.1) is 6.67 Å². The first-order valence-electron chi connectivity index (χ1n) is 5.17. The van der Waals surface area contributed by atoms with Crippen molar-refractivity contribution < 1.29 is 53.4 Å². The molecule has 0 aromatic carbocycles. The van der Waals surface area contributed by atoms with E-state index in [-0.39, 0.29) is 13.6 Å². The zero-order chi connectivity index (χ0) is 17.3. The Morgan fingerprint density at radius 3 is 1.33 bits per heavy atom. The van der Waals surface area contributed by atoms with Gasteiger partial charge in [-0.05, 0) is 6.92 Å². The molecule has 2 unspecified atom stereocenters. The molecule has 1 heterocycles. The molecule has 1 rings (SSSR count). The van der Waals surface area contributed by atoms with Crippen molar-refractivity contribution in [2.24, 2.45) is 0 Å². The lowest BCUT2D eigenvalue weighted by atomic mass is 10.2. The monoisotopic (exact) mass is 340 g/mol. The van der Waals surface area contributed by atoms with E-state index in [1.165, 1.54) is 6.92 Å².